The Morgan fingerprint density at radius 3 is 2.61 bits per heavy atom. The largest absolute Gasteiger partial charge is 0.491 e. The monoisotopic (exact) mass is 396 g/mol. The summed E-state index contributed by atoms with van der Waals surface area (Å²) >= 11 is 1.83. The van der Waals surface area contributed by atoms with E-state index in [0.717, 1.165) is 43.6 Å². The minimum Gasteiger partial charge on any atom is -0.491 e. The number of aliphatic hydroxyl groups excluding tert-OH is 1. The summed E-state index contributed by atoms with van der Waals surface area (Å²) in [7, 11) is 0. The molecule has 1 atom stereocenters. The SMILES string of the molecule is CCc1ccc(OCC(O)CN2CCC(c3nc4ccccc4s3)CC2)cc1. The van der Waals surface area contributed by atoms with Gasteiger partial charge >= 0.3 is 0 Å². The maximum atomic E-state index is 10.4. The lowest BCUT2D eigenvalue weighted by Crippen LogP contribution is -2.40. The van der Waals surface area contributed by atoms with Gasteiger partial charge in [0.1, 0.15) is 18.5 Å². The Balaban J connectivity index is 1.23. The first kappa shape index (κ1) is 19.4. The average molecular weight is 397 g/mol. The molecule has 5 heteroatoms. The Bertz CT molecular complexity index is 852. The van der Waals surface area contributed by atoms with Gasteiger partial charge in [0.2, 0.25) is 0 Å². The van der Waals surface area contributed by atoms with Gasteiger partial charge in [-0.15, -0.1) is 11.3 Å². The van der Waals surface area contributed by atoms with E-state index in [-0.39, 0.29) is 0 Å². The number of piperidine rings is 1. The Labute approximate surface area is 170 Å². The fourth-order valence-corrected chi connectivity index (χ4v) is 4.93. The van der Waals surface area contributed by atoms with Crippen molar-refractivity contribution in [3.05, 3.63) is 59.1 Å². The van der Waals surface area contributed by atoms with Crippen molar-refractivity contribution in [2.75, 3.05) is 26.2 Å². The number of ether oxygens (including phenoxy) is 1. The molecule has 1 aliphatic heterocycles. The maximum absolute atomic E-state index is 10.4. The molecule has 28 heavy (non-hydrogen) atoms. The number of benzene rings is 2. The van der Waals surface area contributed by atoms with Crippen LogP contribution in [0, 0.1) is 0 Å². The number of aromatic nitrogens is 1. The number of rotatable bonds is 7. The summed E-state index contributed by atoms with van der Waals surface area (Å²) in [6.45, 7) is 5.15. The van der Waals surface area contributed by atoms with E-state index in [1.165, 1.54) is 15.3 Å². The number of likely N-dealkylation sites (tertiary alicyclic amines) is 1. The molecule has 0 bridgehead atoms. The quantitative estimate of drug-likeness (QED) is 0.640. The molecule has 0 radical (unpaired) electrons. The molecule has 3 aromatic rings. The smallest absolute Gasteiger partial charge is 0.119 e. The number of fused-ring (bicyclic) bond motifs is 1. The predicted octanol–water partition coefficient (Wildman–Crippen LogP) is 4.48. The first-order valence-corrected chi connectivity index (χ1v) is 11.0. The summed E-state index contributed by atoms with van der Waals surface area (Å²) in [6.07, 6.45) is 2.76. The highest BCUT2D eigenvalue weighted by molar-refractivity contribution is 7.18. The lowest BCUT2D eigenvalue weighted by atomic mass is 9.97. The highest BCUT2D eigenvalue weighted by Gasteiger charge is 2.24. The molecule has 0 saturated carbocycles. The van der Waals surface area contributed by atoms with E-state index in [1.54, 1.807) is 0 Å². The molecule has 0 amide bonds. The molecule has 148 valence electrons. The summed E-state index contributed by atoms with van der Waals surface area (Å²) in [5.41, 5.74) is 2.41. The van der Waals surface area contributed by atoms with Crippen molar-refractivity contribution in [2.24, 2.45) is 0 Å². The molecule has 1 fully saturated rings. The second-order valence-corrected chi connectivity index (χ2v) is 8.62. The van der Waals surface area contributed by atoms with Crippen LogP contribution in [0.3, 0.4) is 0 Å². The minimum atomic E-state index is -0.468. The van der Waals surface area contributed by atoms with Crippen molar-refractivity contribution in [1.29, 1.82) is 0 Å². The van der Waals surface area contributed by atoms with Gasteiger partial charge in [0.15, 0.2) is 0 Å². The highest BCUT2D eigenvalue weighted by atomic mass is 32.1. The van der Waals surface area contributed by atoms with Gasteiger partial charge in [0, 0.05) is 12.5 Å². The molecule has 2 heterocycles. The molecule has 1 aromatic heterocycles. The summed E-state index contributed by atoms with van der Waals surface area (Å²) < 4.78 is 7.03. The number of aryl methyl sites for hydroxylation is 1. The number of β-amino-alcohol motifs (C(OH)–C–C–N with tert-alkyl or cyclic N) is 1. The molecule has 4 nitrogen and oxygen atoms in total. The zero-order chi connectivity index (χ0) is 19.3. The van der Waals surface area contributed by atoms with Crippen LogP contribution in [-0.2, 0) is 6.42 Å². The van der Waals surface area contributed by atoms with Crippen LogP contribution in [-0.4, -0.2) is 47.3 Å². The van der Waals surface area contributed by atoms with Gasteiger partial charge in [-0.25, -0.2) is 4.98 Å². The maximum Gasteiger partial charge on any atom is 0.119 e. The molecule has 1 aliphatic rings. The standard InChI is InChI=1S/C23H28N2O2S/c1-2-17-7-9-20(10-8-17)27-16-19(26)15-25-13-11-18(12-14-25)23-24-21-5-3-4-6-22(21)28-23/h3-10,18-19,26H,2,11-16H2,1H3. The summed E-state index contributed by atoms with van der Waals surface area (Å²) in [4.78, 5) is 7.17. The number of hydrogen-bond acceptors (Lipinski definition) is 5. The average Bonchev–Trinajstić information content (AvgIpc) is 3.17. The van der Waals surface area contributed by atoms with Gasteiger partial charge in [-0.2, -0.15) is 0 Å². The second kappa shape index (κ2) is 9.03. The number of para-hydroxylation sites is 1. The Morgan fingerprint density at radius 2 is 1.89 bits per heavy atom. The van der Waals surface area contributed by atoms with Crippen LogP contribution in [0.1, 0.15) is 36.3 Å². The van der Waals surface area contributed by atoms with E-state index in [1.807, 2.05) is 23.5 Å². The third-order valence-electron chi connectivity index (χ3n) is 5.49. The summed E-state index contributed by atoms with van der Waals surface area (Å²) in [6, 6.07) is 16.5. The van der Waals surface area contributed by atoms with Crippen molar-refractivity contribution in [3.8, 4) is 5.75 Å². The number of nitrogens with zero attached hydrogens (tertiary/aromatic N) is 2. The van der Waals surface area contributed by atoms with Crippen LogP contribution in [0.15, 0.2) is 48.5 Å². The van der Waals surface area contributed by atoms with Crippen molar-refractivity contribution in [2.45, 2.75) is 38.2 Å². The van der Waals surface area contributed by atoms with Crippen LogP contribution >= 0.6 is 11.3 Å². The molecule has 4 rings (SSSR count). The van der Waals surface area contributed by atoms with E-state index in [9.17, 15) is 5.11 Å². The third-order valence-corrected chi connectivity index (χ3v) is 6.69. The zero-order valence-corrected chi connectivity index (χ0v) is 17.2. The van der Waals surface area contributed by atoms with Crippen LogP contribution in [0.4, 0.5) is 0 Å². The number of thiazole rings is 1. The first-order valence-electron chi connectivity index (χ1n) is 10.2. The fraction of sp³-hybridized carbons (Fsp3) is 0.435. The highest BCUT2D eigenvalue weighted by Crippen LogP contribution is 2.33. The van der Waals surface area contributed by atoms with E-state index < -0.39 is 6.10 Å². The van der Waals surface area contributed by atoms with E-state index in [4.69, 9.17) is 9.72 Å². The number of aliphatic hydroxyl groups is 1. The summed E-state index contributed by atoms with van der Waals surface area (Å²) in [5.74, 6) is 1.37. The van der Waals surface area contributed by atoms with Crippen molar-refractivity contribution < 1.29 is 9.84 Å². The van der Waals surface area contributed by atoms with E-state index >= 15 is 0 Å². The van der Waals surface area contributed by atoms with Crippen LogP contribution in [0.5, 0.6) is 5.75 Å². The fourth-order valence-electron chi connectivity index (χ4n) is 3.79. The molecule has 1 saturated heterocycles. The van der Waals surface area contributed by atoms with E-state index in [2.05, 4.69) is 48.2 Å². The van der Waals surface area contributed by atoms with Gasteiger partial charge in [0.25, 0.3) is 0 Å². The van der Waals surface area contributed by atoms with E-state index in [0.29, 0.717) is 19.1 Å². The Hall–Kier alpha value is -1.95. The normalized spacial score (nSPS) is 17.1. The van der Waals surface area contributed by atoms with Gasteiger partial charge in [-0.1, -0.05) is 31.2 Å². The molecule has 1 unspecified atom stereocenters. The third kappa shape index (κ3) is 4.72. The Kier molecular flexibility index (Phi) is 6.25. The summed E-state index contributed by atoms with van der Waals surface area (Å²) in [5, 5.41) is 11.6. The van der Waals surface area contributed by atoms with Gasteiger partial charge in [-0.3, -0.25) is 0 Å². The van der Waals surface area contributed by atoms with Crippen molar-refractivity contribution >= 4 is 21.6 Å². The Morgan fingerprint density at radius 1 is 1.14 bits per heavy atom. The second-order valence-electron chi connectivity index (χ2n) is 7.56. The molecule has 0 aliphatic carbocycles. The topological polar surface area (TPSA) is 45.6 Å². The minimum absolute atomic E-state index is 0.337. The molecular formula is C23H28N2O2S. The van der Waals surface area contributed by atoms with Crippen molar-refractivity contribution in [1.82, 2.24) is 9.88 Å². The molecule has 1 N–H and O–H groups in total. The van der Waals surface area contributed by atoms with Crippen LogP contribution in [0.2, 0.25) is 0 Å². The zero-order valence-electron chi connectivity index (χ0n) is 16.4. The van der Waals surface area contributed by atoms with Crippen molar-refractivity contribution in [3.63, 3.8) is 0 Å². The molecular weight excluding hydrogens is 368 g/mol. The number of hydrogen-bond donors (Lipinski definition) is 1. The van der Waals surface area contributed by atoms with Crippen LogP contribution < -0.4 is 4.74 Å². The van der Waals surface area contributed by atoms with Crippen LogP contribution in [0.25, 0.3) is 10.2 Å². The lowest BCUT2D eigenvalue weighted by Gasteiger charge is -2.32. The predicted molar refractivity (Wildman–Crippen MR) is 115 cm³/mol. The van der Waals surface area contributed by atoms with Gasteiger partial charge < -0.3 is 14.7 Å². The molecule has 0 spiro atoms. The lowest BCUT2D eigenvalue weighted by molar-refractivity contribution is 0.0594. The molecule has 2 aromatic carbocycles. The first-order chi connectivity index (χ1) is 13.7. The van der Waals surface area contributed by atoms with Gasteiger partial charge in [0.05, 0.1) is 15.2 Å². The van der Waals surface area contributed by atoms with Gasteiger partial charge in [-0.05, 0) is 62.2 Å².